The van der Waals surface area contributed by atoms with Gasteiger partial charge in [-0.3, -0.25) is 9.59 Å². The molecule has 0 atom stereocenters. The Morgan fingerprint density at radius 3 is 2.60 bits per heavy atom. The predicted octanol–water partition coefficient (Wildman–Crippen LogP) is 5.66. The van der Waals surface area contributed by atoms with Crippen LogP contribution in [0.1, 0.15) is 31.8 Å². The maximum Gasteiger partial charge on any atom is 0.258 e. The number of fused-ring (bicyclic) bond motifs is 2. The average Bonchev–Trinajstić information content (AvgIpc) is 3.05. The molecule has 0 unspecified atom stereocenters. The number of hydrogen-bond acceptors (Lipinski definition) is 6. The lowest BCUT2D eigenvalue weighted by molar-refractivity contribution is 0.0983. The van der Waals surface area contributed by atoms with Gasteiger partial charge in [-0.25, -0.2) is 9.97 Å². The van der Waals surface area contributed by atoms with Crippen molar-refractivity contribution in [1.82, 2.24) is 9.97 Å². The van der Waals surface area contributed by atoms with Crippen LogP contribution in [0.4, 0.5) is 22.9 Å². The number of hydrogen-bond donors (Lipinski definition) is 2. The molecule has 174 valence electrons. The van der Waals surface area contributed by atoms with Crippen LogP contribution in [0.2, 0.25) is 0 Å². The van der Waals surface area contributed by atoms with Gasteiger partial charge in [0.05, 0.1) is 17.8 Å². The van der Waals surface area contributed by atoms with Crippen molar-refractivity contribution in [3.63, 3.8) is 0 Å². The SMILES string of the molecule is CSc1ncccc1C(=O)Nc1ccc(C(=O)N2Cc3ccccc3Nc3ncccc32)c(C)c1. The number of nitrogens with zero attached hydrogens (tertiary/aromatic N) is 3. The summed E-state index contributed by atoms with van der Waals surface area (Å²) in [5.41, 5.74) is 5.09. The molecule has 0 radical (unpaired) electrons. The van der Waals surface area contributed by atoms with Crippen molar-refractivity contribution in [2.75, 3.05) is 21.8 Å². The summed E-state index contributed by atoms with van der Waals surface area (Å²) in [5, 5.41) is 6.93. The maximum absolute atomic E-state index is 13.8. The molecule has 1 aliphatic heterocycles. The van der Waals surface area contributed by atoms with Crippen molar-refractivity contribution in [2.45, 2.75) is 18.5 Å². The van der Waals surface area contributed by atoms with Crippen molar-refractivity contribution in [3.05, 3.63) is 101 Å². The van der Waals surface area contributed by atoms with Gasteiger partial charge in [0.15, 0.2) is 5.82 Å². The largest absolute Gasteiger partial charge is 0.338 e. The van der Waals surface area contributed by atoms with Crippen LogP contribution < -0.4 is 15.5 Å². The summed E-state index contributed by atoms with van der Waals surface area (Å²) < 4.78 is 0. The van der Waals surface area contributed by atoms with Crippen LogP contribution in [0.25, 0.3) is 0 Å². The van der Waals surface area contributed by atoms with E-state index in [0.29, 0.717) is 39.9 Å². The monoisotopic (exact) mass is 481 g/mol. The van der Waals surface area contributed by atoms with Crippen LogP contribution in [0.15, 0.2) is 84.1 Å². The fourth-order valence-corrected chi connectivity index (χ4v) is 4.65. The molecule has 4 aromatic rings. The van der Waals surface area contributed by atoms with Crippen molar-refractivity contribution in [3.8, 4) is 0 Å². The number of amides is 2. The van der Waals surface area contributed by atoms with Crippen LogP contribution in [0.5, 0.6) is 0 Å². The van der Waals surface area contributed by atoms with Crippen molar-refractivity contribution >= 4 is 46.5 Å². The number of carbonyl (C=O) groups excluding carboxylic acids is 2. The van der Waals surface area contributed by atoms with E-state index in [1.165, 1.54) is 11.8 Å². The van der Waals surface area contributed by atoms with Crippen LogP contribution in [-0.2, 0) is 6.54 Å². The molecule has 0 aliphatic carbocycles. The summed E-state index contributed by atoms with van der Waals surface area (Å²) in [6, 6.07) is 20.4. The molecule has 3 heterocycles. The summed E-state index contributed by atoms with van der Waals surface area (Å²) in [6.45, 7) is 2.28. The summed E-state index contributed by atoms with van der Waals surface area (Å²) in [4.78, 5) is 37.0. The van der Waals surface area contributed by atoms with Crippen LogP contribution in [0.3, 0.4) is 0 Å². The first-order chi connectivity index (χ1) is 17.0. The van der Waals surface area contributed by atoms with E-state index in [1.807, 2.05) is 55.6 Å². The normalized spacial score (nSPS) is 12.1. The third-order valence-electron chi connectivity index (χ3n) is 5.85. The Bertz CT molecular complexity index is 1440. The van der Waals surface area contributed by atoms with Crippen molar-refractivity contribution in [2.24, 2.45) is 0 Å². The lowest BCUT2D eigenvalue weighted by atomic mass is 10.1. The lowest BCUT2D eigenvalue weighted by Gasteiger charge is -2.23. The molecule has 35 heavy (non-hydrogen) atoms. The maximum atomic E-state index is 13.8. The number of anilines is 4. The number of pyridine rings is 2. The fraction of sp³-hybridized carbons (Fsp3) is 0.111. The van der Waals surface area contributed by atoms with Crippen LogP contribution >= 0.6 is 11.8 Å². The first kappa shape index (κ1) is 22.6. The van der Waals surface area contributed by atoms with Gasteiger partial charge >= 0.3 is 0 Å². The molecule has 1 aliphatic rings. The number of aryl methyl sites for hydroxylation is 1. The molecule has 0 fully saturated rings. The Balaban J connectivity index is 1.44. The molecule has 7 nitrogen and oxygen atoms in total. The predicted molar refractivity (Wildman–Crippen MR) is 140 cm³/mol. The number of carbonyl (C=O) groups is 2. The Hall–Kier alpha value is -4.17. The minimum Gasteiger partial charge on any atom is -0.338 e. The minimum absolute atomic E-state index is 0.134. The fourth-order valence-electron chi connectivity index (χ4n) is 4.11. The van der Waals surface area contributed by atoms with Gasteiger partial charge in [0.25, 0.3) is 11.8 Å². The zero-order chi connectivity index (χ0) is 24.4. The molecule has 0 spiro atoms. The van der Waals surface area contributed by atoms with Gasteiger partial charge in [0.2, 0.25) is 0 Å². The first-order valence-electron chi connectivity index (χ1n) is 11.1. The summed E-state index contributed by atoms with van der Waals surface area (Å²) in [7, 11) is 0. The average molecular weight is 482 g/mol. The highest BCUT2D eigenvalue weighted by molar-refractivity contribution is 7.98. The van der Waals surface area contributed by atoms with E-state index in [1.54, 1.807) is 41.6 Å². The molecule has 0 saturated heterocycles. The number of rotatable bonds is 4. The van der Waals surface area contributed by atoms with Gasteiger partial charge in [-0.2, -0.15) is 0 Å². The van der Waals surface area contributed by atoms with Crippen molar-refractivity contribution < 1.29 is 9.59 Å². The second-order valence-corrected chi connectivity index (χ2v) is 8.88. The molecule has 2 N–H and O–H groups in total. The molecule has 0 bridgehead atoms. The first-order valence-corrected chi connectivity index (χ1v) is 12.3. The summed E-state index contributed by atoms with van der Waals surface area (Å²) in [5.74, 6) is 0.259. The van der Waals surface area contributed by atoms with E-state index in [-0.39, 0.29) is 11.8 Å². The van der Waals surface area contributed by atoms with E-state index in [0.717, 1.165) is 16.8 Å². The quantitative estimate of drug-likeness (QED) is 0.366. The third-order valence-corrected chi connectivity index (χ3v) is 6.56. The van der Waals surface area contributed by atoms with Gasteiger partial charge in [0, 0.05) is 29.3 Å². The van der Waals surface area contributed by atoms with Crippen LogP contribution in [0, 0.1) is 6.92 Å². The number of para-hydroxylation sites is 1. The number of thioether (sulfide) groups is 1. The Kier molecular flexibility index (Phi) is 6.20. The molecule has 2 aromatic heterocycles. The standard InChI is InChI=1S/C27H23N5O2S/c1-17-15-19(30-25(33)21-8-5-14-29-26(21)35-2)11-12-20(17)27(34)32-16-18-7-3-4-9-22(18)31-24-23(32)10-6-13-28-24/h3-15H,16H2,1-2H3,(H,28,31)(H,30,33). The lowest BCUT2D eigenvalue weighted by Crippen LogP contribution is -2.30. The Labute approximate surface area is 207 Å². The Morgan fingerprint density at radius 1 is 0.971 bits per heavy atom. The zero-order valence-electron chi connectivity index (χ0n) is 19.3. The van der Waals surface area contributed by atoms with E-state index in [4.69, 9.17) is 0 Å². The minimum atomic E-state index is -0.240. The molecular weight excluding hydrogens is 458 g/mol. The second kappa shape index (κ2) is 9.60. The highest BCUT2D eigenvalue weighted by Crippen LogP contribution is 2.35. The number of aromatic nitrogens is 2. The van der Waals surface area contributed by atoms with Gasteiger partial charge < -0.3 is 15.5 Å². The smallest absolute Gasteiger partial charge is 0.258 e. The van der Waals surface area contributed by atoms with E-state index in [2.05, 4.69) is 20.6 Å². The van der Waals surface area contributed by atoms with Gasteiger partial charge in [-0.05, 0) is 72.8 Å². The zero-order valence-corrected chi connectivity index (χ0v) is 20.1. The molecular formula is C27H23N5O2S. The second-order valence-electron chi connectivity index (χ2n) is 8.09. The van der Waals surface area contributed by atoms with Gasteiger partial charge in [-0.15, -0.1) is 11.8 Å². The third kappa shape index (κ3) is 4.48. The highest BCUT2D eigenvalue weighted by Gasteiger charge is 2.26. The molecule has 8 heteroatoms. The van der Waals surface area contributed by atoms with E-state index in [9.17, 15) is 9.59 Å². The van der Waals surface area contributed by atoms with E-state index < -0.39 is 0 Å². The number of nitrogens with one attached hydrogen (secondary N) is 2. The van der Waals surface area contributed by atoms with E-state index >= 15 is 0 Å². The van der Waals surface area contributed by atoms with Crippen LogP contribution in [-0.4, -0.2) is 28.0 Å². The van der Waals surface area contributed by atoms with Crippen molar-refractivity contribution in [1.29, 1.82) is 0 Å². The Morgan fingerprint density at radius 2 is 1.77 bits per heavy atom. The summed E-state index contributed by atoms with van der Waals surface area (Å²) in [6.07, 6.45) is 5.25. The molecule has 5 rings (SSSR count). The summed E-state index contributed by atoms with van der Waals surface area (Å²) >= 11 is 1.42. The highest BCUT2D eigenvalue weighted by atomic mass is 32.2. The molecule has 2 amide bonds. The molecule has 2 aromatic carbocycles. The topological polar surface area (TPSA) is 87.2 Å². The van der Waals surface area contributed by atoms with Gasteiger partial charge in [-0.1, -0.05) is 18.2 Å². The van der Waals surface area contributed by atoms with Gasteiger partial charge in [0.1, 0.15) is 5.03 Å². The molecule has 0 saturated carbocycles. The number of benzene rings is 2.